The summed E-state index contributed by atoms with van der Waals surface area (Å²) in [6.45, 7) is 0. The Morgan fingerprint density at radius 2 is 0.880 bits per heavy atom. The molecule has 0 radical (unpaired) electrons. The molecule has 0 bridgehead atoms. The zero-order chi connectivity index (χ0) is 20.5. The molecule has 1 rings (SSSR count). The van der Waals surface area contributed by atoms with Crippen LogP contribution in [0.2, 0.25) is 0 Å². The molecule has 0 aromatic carbocycles. The van der Waals surface area contributed by atoms with Crippen molar-refractivity contribution in [2.24, 2.45) is 0 Å². The van der Waals surface area contributed by atoms with Crippen LogP contribution in [0.15, 0.2) is 0 Å². The Kier molecular flexibility index (Phi) is 4.20. The minimum atomic E-state index is -7.63. The number of halogens is 14. The molecule has 148 valence electrons. The first kappa shape index (κ1) is 21.3. The van der Waals surface area contributed by atoms with Crippen LogP contribution in [0.4, 0.5) is 66.3 Å². The normalized spacial score (nSPS) is 28.1. The van der Waals surface area contributed by atoms with Crippen molar-refractivity contribution in [2.45, 2.75) is 41.8 Å². The predicted octanol–water partition coefficient (Wildman–Crippen LogP) is 4.52. The van der Waals surface area contributed by atoms with Gasteiger partial charge in [0.25, 0.3) is 0 Å². The molecule has 25 heavy (non-hydrogen) atoms. The molecule has 0 saturated heterocycles. The summed E-state index contributed by atoms with van der Waals surface area (Å²) < 4.78 is 182. The van der Waals surface area contributed by atoms with Gasteiger partial charge in [0.05, 0.1) is 0 Å². The molecule has 0 aliphatic heterocycles. The summed E-state index contributed by atoms with van der Waals surface area (Å²) >= 11 is 0. The molecule has 0 unspecified atom stereocenters. The lowest BCUT2D eigenvalue weighted by Gasteiger charge is -2.50. The van der Waals surface area contributed by atoms with E-state index in [1.54, 1.807) is 0 Å². The second-order valence-corrected chi connectivity index (χ2v) is 4.37. The average molecular weight is 410 g/mol. The average Bonchev–Trinajstić information content (AvgIpc) is 2.33. The quantitative estimate of drug-likeness (QED) is 0.472. The SMILES string of the molecule is O=C(OC(F)(F)F)OC1(F)C(F)(F)C(F)(F)C(F)(F)C(F)(F)C1(F)F. The Morgan fingerprint density at radius 1 is 0.600 bits per heavy atom. The van der Waals surface area contributed by atoms with Crippen molar-refractivity contribution in [2.75, 3.05) is 0 Å². The van der Waals surface area contributed by atoms with Crippen molar-refractivity contribution in [1.82, 2.24) is 0 Å². The Bertz CT molecular complexity index is 533. The second-order valence-electron chi connectivity index (χ2n) is 4.37. The third kappa shape index (κ3) is 2.37. The summed E-state index contributed by atoms with van der Waals surface area (Å²) in [5.41, 5.74) is 0. The molecule has 1 saturated carbocycles. The topological polar surface area (TPSA) is 35.5 Å². The van der Waals surface area contributed by atoms with Gasteiger partial charge in [0.1, 0.15) is 0 Å². The van der Waals surface area contributed by atoms with Crippen LogP contribution in [-0.4, -0.2) is 48.0 Å². The van der Waals surface area contributed by atoms with Crippen molar-refractivity contribution in [3.05, 3.63) is 0 Å². The number of hydrogen-bond acceptors (Lipinski definition) is 3. The van der Waals surface area contributed by atoms with Crippen LogP contribution in [0.3, 0.4) is 0 Å². The molecule has 0 aromatic heterocycles. The van der Waals surface area contributed by atoms with E-state index in [1.807, 2.05) is 9.47 Å². The number of rotatable bonds is 1. The van der Waals surface area contributed by atoms with Gasteiger partial charge in [0, 0.05) is 0 Å². The summed E-state index contributed by atoms with van der Waals surface area (Å²) in [5.74, 6) is -45.4. The van der Waals surface area contributed by atoms with Crippen LogP contribution in [0, 0.1) is 0 Å². The lowest BCUT2D eigenvalue weighted by atomic mass is 9.78. The third-order valence-electron chi connectivity index (χ3n) is 2.81. The van der Waals surface area contributed by atoms with E-state index < -0.39 is 48.0 Å². The van der Waals surface area contributed by atoms with Gasteiger partial charge >= 0.3 is 48.0 Å². The van der Waals surface area contributed by atoms with Crippen LogP contribution in [-0.2, 0) is 9.47 Å². The summed E-state index contributed by atoms with van der Waals surface area (Å²) in [5, 5.41) is 0. The largest absolute Gasteiger partial charge is 0.577 e. The fourth-order valence-corrected chi connectivity index (χ4v) is 1.55. The lowest BCUT2D eigenvalue weighted by molar-refractivity contribution is -0.519. The highest BCUT2D eigenvalue weighted by molar-refractivity contribution is 5.61. The number of hydrogen-bond donors (Lipinski definition) is 0. The highest BCUT2D eigenvalue weighted by Crippen LogP contribution is 2.69. The molecule has 0 aromatic rings. The Hall–Kier alpha value is -1.71. The molecule has 17 heteroatoms. The molecular weight excluding hydrogens is 410 g/mol. The van der Waals surface area contributed by atoms with Crippen LogP contribution in [0.25, 0.3) is 0 Å². The van der Waals surface area contributed by atoms with Crippen molar-refractivity contribution >= 4 is 6.16 Å². The van der Waals surface area contributed by atoms with Gasteiger partial charge in [0.15, 0.2) is 0 Å². The van der Waals surface area contributed by atoms with Crippen molar-refractivity contribution in [1.29, 1.82) is 0 Å². The molecule has 0 atom stereocenters. The van der Waals surface area contributed by atoms with Gasteiger partial charge in [-0.15, -0.1) is 13.2 Å². The highest BCUT2D eigenvalue weighted by Gasteiger charge is 3.03. The van der Waals surface area contributed by atoms with Crippen molar-refractivity contribution in [3.8, 4) is 0 Å². The zero-order valence-electron chi connectivity index (χ0n) is 10.5. The first-order valence-electron chi connectivity index (χ1n) is 5.17. The molecule has 1 fully saturated rings. The summed E-state index contributed by atoms with van der Waals surface area (Å²) in [7, 11) is 0. The second kappa shape index (κ2) is 4.93. The van der Waals surface area contributed by atoms with Crippen LogP contribution in [0.1, 0.15) is 0 Å². The monoisotopic (exact) mass is 410 g/mol. The Balaban J connectivity index is 3.58. The van der Waals surface area contributed by atoms with E-state index in [9.17, 15) is 66.3 Å². The van der Waals surface area contributed by atoms with Gasteiger partial charge in [-0.1, -0.05) is 0 Å². The van der Waals surface area contributed by atoms with E-state index in [1.165, 1.54) is 0 Å². The van der Waals surface area contributed by atoms with Gasteiger partial charge in [-0.2, -0.15) is 48.3 Å². The van der Waals surface area contributed by atoms with Crippen molar-refractivity contribution < 1.29 is 75.7 Å². The maximum absolute atomic E-state index is 13.6. The van der Waals surface area contributed by atoms with Crippen LogP contribution >= 0.6 is 0 Å². The number of alkyl halides is 14. The minimum absolute atomic E-state index is 1.94. The van der Waals surface area contributed by atoms with E-state index in [2.05, 4.69) is 0 Å². The van der Waals surface area contributed by atoms with Gasteiger partial charge < -0.3 is 9.47 Å². The maximum atomic E-state index is 13.6. The first-order valence-corrected chi connectivity index (χ1v) is 5.17. The molecule has 0 N–H and O–H groups in total. The Morgan fingerprint density at radius 3 is 1.16 bits per heavy atom. The molecular formula is C8F14O3. The summed E-state index contributed by atoms with van der Waals surface area (Å²) in [6.07, 6.45) is -10.2. The van der Waals surface area contributed by atoms with Gasteiger partial charge in [-0.05, 0) is 0 Å². The van der Waals surface area contributed by atoms with E-state index in [0.717, 1.165) is 0 Å². The first-order chi connectivity index (χ1) is 10.6. The summed E-state index contributed by atoms with van der Waals surface area (Å²) in [6, 6.07) is 0. The molecule has 0 heterocycles. The molecule has 1 aliphatic carbocycles. The van der Waals surface area contributed by atoms with E-state index in [4.69, 9.17) is 0 Å². The van der Waals surface area contributed by atoms with E-state index in [-0.39, 0.29) is 0 Å². The summed E-state index contributed by atoms with van der Waals surface area (Å²) in [4.78, 5) is 10.3. The number of carbonyl (C=O) groups excluding carboxylic acids is 1. The predicted molar refractivity (Wildman–Crippen MR) is 42.2 cm³/mol. The minimum Gasteiger partial charge on any atom is -0.384 e. The highest BCUT2D eigenvalue weighted by atomic mass is 19.4. The maximum Gasteiger partial charge on any atom is 0.577 e. The lowest BCUT2D eigenvalue weighted by Crippen LogP contribution is -2.84. The van der Waals surface area contributed by atoms with Gasteiger partial charge in [0.2, 0.25) is 0 Å². The molecule has 3 nitrogen and oxygen atoms in total. The van der Waals surface area contributed by atoms with Crippen LogP contribution < -0.4 is 0 Å². The smallest absolute Gasteiger partial charge is 0.384 e. The van der Waals surface area contributed by atoms with Crippen molar-refractivity contribution in [3.63, 3.8) is 0 Å². The standard InChI is InChI=1S/C8F14O3/c9-2(10)3(11,12)5(15,16)7(19,6(17,18)4(2,13)14)24-1(23)25-8(20,21)22. The van der Waals surface area contributed by atoms with Gasteiger partial charge in [-0.3, -0.25) is 0 Å². The molecule has 1 aliphatic rings. The van der Waals surface area contributed by atoms with Crippen LogP contribution in [0.5, 0.6) is 0 Å². The molecule has 0 spiro atoms. The number of ether oxygens (including phenoxy) is 2. The fourth-order valence-electron chi connectivity index (χ4n) is 1.55. The Labute approximate surface area is 125 Å². The van der Waals surface area contributed by atoms with Gasteiger partial charge in [-0.25, -0.2) is 4.79 Å². The van der Waals surface area contributed by atoms with E-state index in [0.29, 0.717) is 0 Å². The number of carbonyl (C=O) groups is 1. The van der Waals surface area contributed by atoms with E-state index >= 15 is 0 Å². The molecule has 0 amide bonds. The zero-order valence-corrected chi connectivity index (χ0v) is 10.5. The fraction of sp³-hybridized carbons (Fsp3) is 0.875. The third-order valence-corrected chi connectivity index (χ3v) is 2.81.